The normalized spacial score (nSPS) is 14.9. The van der Waals surface area contributed by atoms with Crippen molar-refractivity contribution in [3.05, 3.63) is 10.4 Å². The Morgan fingerprint density at radius 1 is 1.50 bits per heavy atom. The highest BCUT2D eigenvalue weighted by Crippen LogP contribution is 2.51. The minimum absolute atomic E-state index is 0.0856. The van der Waals surface area contributed by atoms with Crippen LogP contribution >= 0.6 is 11.3 Å². The molecular formula is C11H17N3OS. The van der Waals surface area contributed by atoms with Crippen molar-refractivity contribution in [3.8, 4) is 0 Å². The lowest BCUT2D eigenvalue weighted by atomic mass is 10.1. The van der Waals surface area contributed by atoms with Crippen LogP contribution < -0.4 is 16.0 Å². The zero-order valence-corrected chi connectivity index (χ0v) is 10.6. The summed E-state index contributed by atoms with van der Waals surface area (Å²) >= 11 is 1.48. The molecule has 0 bridgehead atoms. The summed E-state index contributed by atoms with van der Waals surface area (Å²) in [5.74, 6) is 0.476. The minimum atomic E-state index is -0.0856. The van der Waals surface area contributed by atoms with E-state index in [0.717, 1.165) is 5.00 Å². The number of nitrogens with one attached hydrogen (secondary N) is 1. The molecule has 5 heteroatoms. The Bertz CT molecular complexity index is 421. The lowest BCUT2D eigenvalue weighted by Gasteiger charge is -2.12. The van der Waals surface area contributed by atoms with E-state index < -0.39 is 0 Å². The van der Waals surface area contributed by atoms with Gasteiger partial charge in [-0.15, -0.1) is 11.3 Å². The lowest BCUT2D eigenvalue weighted by molar-refractivity contribution is 0.0968. The smallest absolute Gasteiger partial charge is 0.263 e. The van der Waals surface area contributed by atoms with Crippen LogP contribution in [0.5, 0.6) is 0 Å². The highest BCUT2D eigenvalue weighted by molar-refractivity contribution is 7.18. The van der Waals surface area contributed by atoms with E-state index in [1.807, 2.05) is 19.0 Å². The number of hydrogen-bond acceptors (Lipinski definition) is 4. The molecule has 1 aliphatic rings. The molecule has 3 N–H and O–H groups in total. The Morgan fingerprint density at radius 2 is 2.12 bits per heavy atom. The van der Waals surface area contributed by atoms with Gasteiger partial charge in [0.25, 0.3) is 5.91 Å². The molecule has 0 saturated heterocycles. The Hall–Kier alpha value is -1.23. The second-order valence-corrected chi connectivity index (χ2v) is 5.31. The predicted molar refractivity (Wildman–Crippen MR) is 68.4 cm³/mol. The maximum atomic E-state index is 11.7. The molecule has 0 aromatic carbocycles. The maximum absolute atomic E-state index is 11.7. The number of rotatable bonds is 3. The molecule has 1 aromatic heterocycles. The van der Waals surface area contributed by atoms with Gasteiger partial charge in [0.15, 0.2) is 0 Å². The van der Waals surface area contributed by atoms with Gasteiger partial charge in [-0.05, 0) is 18.8 Å². The van der Waals surface area contributed by atoms with Crippen LogP contribution in [0.1, 0.15) is 34.0 Å². The van der Waals surface area contributed by atoms with Crippen LogP contribution in [-0.2, 0) is 0 Å². The first-order valence-electron chi connectivity index (χ1n) is 5.37. The average molecular weight is 239 g/mol. The molecule has 1 aromatic rings. The van der Waals surface area contributed by atoms with E-state index in [0.29, 0.717) is 16.5 Å². The van der Waals surface area contributed by atoms with Crippen molar-refractivity contribution in [2.24, 2.45) is 0 Å². The van der Waals surface area contributed by atoms with Gasteiger partial charge in [0.05, 0.1) is 10.7 Å². The number of nitrogen functional groups attached to an aromatic ring is 1. The minimum Gasteiger partial charge on any atom is -0.397 e. The van der Waals surface area contributed by atoms with Crippen LogP contribution in [0.3, 0.4) is 0 Å². The zero-order chi connectivity index (χ0) is 11.9. The highest BCUT2D eigenvalue weighted by atomic mass is 32.1. The van der Waals surface area contributed by atoms with Gasteiger partial charge >= 0.3 is 0 Å². The molecule has 0 atom stereocenters. The second kappa shape index (κ2) is 3.97. The highest BCUT2D eigenvalue weighted by Gasteiger charge is 2.33. The molecule has 1 aliphatic carbocycles. The number of thiophene rings is 1. The molecule has 16 heavy (non-hydrogen) atoms. The standard InChI is InChI=1S/C11H17N3OS/c1-13-10(15)9-8(12)7(6-4-5-6)11(16-9)14(2)3/h6H,4-5,12H2,1-3H3,(H,13,15). The van der Waals surface area contributed by atoms with E-state index >= 15 is 0 Å². The van der Waals surface area contributed by atoms with Crippen molar-refractivity contribution >= 4 is 27.9 Å². The SMILES string of the molecule is CNC(=O)c1sc(N(C)C)c(C2CC2)c1N. The van der Waals surface area contributed by atoms with E-state index in [1.54, 1.807) is 7.05 Å². The number of anilines is 2. The third-order valence-corrected chi connectivity index (χ3v) is 4.18. The van der Waals surface area contributed by atoms with Gasteiger partial charge in [-0.1, -0.05) is 0 Å². The largest absolute Gasteiger partial charge is 0.397 e. The molecule has 1 fully saturated rings. The van der Waals surface area contributed by atoms with E-state index in [1.165, 1.54) is 29.7 Å². The molecule has 4 nitrogen and oxygen atoms in total. The summed E-state index contributed by atoms with van der Waals surface area (Å²) in [6.07, 6.45) is 2.38. The van der Waals surface area contributed by atoms with Gasteiger partial charge in [-0.25, -0.2) is 0 Å². The van der Waals surface area contributed by atoms with E-state index in [2.05, 4.69) is 5.32 Å². The first-order chi connectivity index (χ1) is 7.56. The molecule has 0 aliphatic heterocycles. The molecule has 0 spiro atoms. The fraction of sp³-hybridized carbons (Fsp3) is 0.545. The molecule has 0 unspecified atom stereocenters. The first-order valence-corrected chi connectivity index (χ1v) is 6.19. The molecule has 1 amide bonds. The molecule has 2 rings (SSSR count). The summed E-state index contributed by atoms with van der Waals surface area (Å²) < 4.78 is 0. The number of carbonyl (C=O) groups excluding carboxylic acids is 1. The zero-order valence-electron chi connectivity index (χ0n) is 9.83. The fourth-order valence-electron chi connectivity index (χ4n) is 1.83. The van der Waals surface area contributed by atoms with Crippen molar-refractivity contribution in [2.75, 3.05) is 31.8 Å². The Balaban J connectivity index is 2.48. The lowest BCUT2D eigenvalue weighted by Crippen LogP contribution is -2.17. The first kappa shape index (κ1) is 11.3. The molecule has 0 radical (unpaired) electrons. The second-order valence-electron chi connectivity index (χ2n) is 4.31. The number of nitrogens with zero attached hydrogens (tertiary/aromatic N) is 1. The molecule has 1 heterocycles. The van der Waals surface area contributed by atoms with Crippen molar-refractivity contribution in [3.63, 3.8) is 0 Å². The summed E-state index contributed by atoms with van der Waals surface area (Å²) in [6, 6.07) is 0. The van der Waals surface area contributed by atoms with Crippen LogP contribution in [-0.4, -0.2) is 27.1 Å². The molecule has 1 saturated carbocycles. The van der Waals surface area contributed by atoms with Crippen molar-refractivity contribution < 1.29 is 4.79 Å². The number of nitrogens with two attached hydrogens (primary N) is 1. The van der Waals surface area contributed by atoms with Crippen molar-refractivity contribution in [1.29, 1.82) is 0 Å². The summed E-state index contributed by atoms with van der Waals surface area (Å²) in [6.45, 7) is 0. The Labute approximate surface area is 99.4 Å². The van der Waals surface area contributed by atoms with Crippen molar-refractivity contribution in [2.45, 2.75) is 18.8 Å². The summed E-state index contributed by atoms with van der Waals surface area (Å²) in [5, 5.41) is 3.76. The van der Waals surface area contributed by atoms with Crippen LogP contribution in [0.4, 0.5) is 10.7 Å². The van der Waals surface area contributed by atoms with Gasteiger partial charge < -0.3 is 16.0 Å². The quantitative estimate of drug-likeness (QED) is 0.843. The van der Waals surface area contributed by atoms with E-state index in [9.17, 15) is 4.79 Å². The summed E-state index contributed by atoms with van der Waals surface area (Å²) in [5.41, 5.74) is 7.93. The van der Waals surface area contributed by atoms with Crippen LogP contribution in [0.2, 0.25) is 0 Å². The van der Waals surface area contributed by atoms with E-state index in [4.69, 9.17) is 5.73 Å². The third-order valence-electron chi connectivity index (χ3n) is 2.79. The number of hydrogen-bond donors (Lipinski definition) is 2. The van der Waals surface area contributed by atoms with Gasteiger partial charge in [0, 0.05) is 26.7 Å². The van der Waals surface area contributed by atoms with Crippen LogP contribution in [0, 0.1) is 0 Å². The predicted octanol–water partition coefficient (Wildman–Crippen LogP) is 1.63. The van der Waals surface area contributed by atoms with Gasteiger partial charge in [-0.2, -0.15) is 0 Å². The molecule has 88 valence electrons. The van der Waals surface area contributed by atoms with E-state index in [-0.39, 0.29) is 5.91 Å². The number of amides is 1. The molecular weight excluding hydrogens is 222 g/mol. The summed E-state index contributed by atoms with van der Waals surface area (Å²) in [7, 11) is 5.61. The average Bonchev–Trinajstić information content (AvgIpc) is 3.01. The Morgan fingerprint density at radius 3 is 2.56 bits per heavy atom. The number of carbonyl (C=O) groups is 1. The fourth-order valence-corrected chi connectivity index (χ4v) is 3.00. The maximum Gasteiger partial charge on any atom is 0.263 e. The van der Waals surface area contributed by atoms with Gasteiger partial charge in [0.2, 0.25) is 0 Å². The topological polar surface area (TPSA) is 58.4 Å². The van der Waals surface area contributed by atoms with Gasteiger partial charge in [-0.3, -0.25) is 4.79 Å². The van der Waals surface area contributed by atoms with Crippen LogP contribution in [0.25, 0.3) is 0 Å². The monoisotopic (exact) mass is 239 g/mol. The van der Waals surface area contributed by atoms with Crippen molar-refractivity contribution in [1.82, 2.24) is 5.32 Å². The third kappa shape index (κ3) is 1.75. The van der Waals surface area contributed by atoms with Gasteiger partial charge in [0.1, 0.15) is 4.88 Å². The Kier molecular flexibility index (Phi) is 2.80. The van der Waals surface area contributed by atoms with Crippen LogP contribution in [0.15, 0.2) is 0 Å². The summed E-state index contributed by atoms with van der Waals surface area (Å²) in [4.78, 5) is 14.4.